The van der Waals surface area contributed by atoms with Gasteiger partial charge in [-0.25, -0.2) is 0 Å². The van der Waals surface area contributed by atoms with E-state index in [1.807, 2.05) is 0 Å². The van der Waals surface area contributed by atoms with Gasteiger partial charge in [0.05, 0.1) is 15.0 Å². The third-order valence-corrected chi connectivity index (χ3v) is 4.30. The molecule has 1 N–H and O–H groups in total. The third-order valence-electron chi connectivity index (χ3n) is 3.56. The molecule has 0 unspecified atom stereocenters. The lowest BCUT2D eigenvalue weighted by Gasteiger charge is -2.05. The van der Waals surface area contributed by atoms with E-state index < -0.39 is 4.92 Å². The maximum atomic E-state index is 12.7. The number of rotatable bonds is 4. The molecule has 3 aromatic rings. The van der Waals surface area contributed by atoms with Crippen LogP contribution in [0.3, 0.4) is 0 Å². The highest BCUT2D eigenvalue weighted by molar-refractivity contribution is 6.42. The first-order valence-electron chi connectivity index (χ1n) is 6.88. The van der Waals surface area contributed by atoms with E-state index in [9.17, 15) is 14.9 Å². The van der Waals surface area contributed by atoms with Crippen molar-refractivity contribution in [1.29, 1.82) is 0 Å². The van der Waals surface area contributed by atoms with Crippen molar-refractivity contribution in [2.24, 2.45) is 0 Å². The van der Waals surface area contributed by atoms with Crippen LogP contribution in [0.1, 0.15) is 15.9 Å². The monoisotopic (exact) mass is 360 g/mol. The highest BCUT2D eigenvalue weighted by atomic mass is 35.5. The SMILES string of the molecule is O=C(c1ccc([N+](=O)[O-])cc1)c1c[nH]cc1-c1ccc(Cl)c(Cl)c1. The normalized spacial score (nSPS) is 10.6. The maximum Gasteiger partial charge on any atom is 0.269 e. The number of nitrogens with zero attached hydrogens (tertiary/aromatic N) is 1. The average molecular weight is 361 g/mol. The summed E-state index contributed by atoms with van der Waals surface area (Å²) in [6.07, 6.45) is 3.28. The number of nitrogens with one attached hydrogen (secondary N) is 1. The van der Waals surface area contributed by atoms with Crippen molar-refractivity contribution in [3.8, 4) is 11.1 Å². The van der Waals surface area contributed by atoms with Crippen molar-refractivity contribution < 1.29 is 9.72 Å². The molecule has 0 saturated heterocycles. The highest BCUT2D eigenvalue weighted by Crippen LogP contribution is 2.31. The molecule has 7 heteroatoms. The van der Waals surface area contributed by atoms with Gasteiger partial charge in [-0.2, -0.15) is 0 Å². The first kappa shape index (κ1) is 16.2. The van der Waals surface area contributed by atoms with Gasteiger partial charge >= 0.3 is 0 Å². The second-order valence-electron chi connectivity index (χ2n) is 5.04. The van der Waals surface area contributed by atoms with E-state index in [-0.39, 0.29) is 11.5 Å². The van der Waals surface area contributed by atoms with Crippen LogP contribution in [0.4, 0.5) is 5.69 Å². The molecule has 0 fully saturated rings. The van der Waals surface area contributed by atoms with E-state index in [1.165, 1.54) is 24.3 Å². The number of hydrogen-bond donors (Lipinski definition) is 1. The van der Waals surface area contributed by atoms with E-state index in [2.05, 4.69) is 4.98 Å². The number of nitro groups is 1. The number of nitro benzene ring substituents is 1. The van der Waals surface area contributed by atoms with Crippen LogP contribution in [0.25, 0.3) is 11.1 Å². The lowest BCUT2D eigenvalue weighted by Crippen LogP contribution is -2.02. The van der Waals surface area contributed by atoms with Gasteiger partial charge in [0.2, 0.25) is 0 Å². The van der Waals surface area contributed by atoms with Crippen molar-refractivity contribution in [1.82, 2.24) is 4.98 Å². The van der Waals surface area contributed by atoms with Gasteiger partial charge in [-0.1, -0.05) is 29.3 Å². The van der Waals surface area contributed by atoms with Crippen LogP contribution in [-0.4, -0.2) is 15.7 Å². The molecule has 1 heterocycles. The molecule has 0 saturated carbocycles. The van der Waals surface area contributed by atoms with Gasteiger partial charge < -0.3 is 4.98 Å². The fraction of sp³-hybridized carbons (Fsp3) is 0. The molecule has 0 radical (unpaired) electrons. The zero-order valence-corrected chi connectivity index (χ0v) is 13.6. The Bertz CT molecular complexity index is 933. The summed E-state index contributed by atoms with van der Waals surface area (Å²) in [5.74, 6) is -0.243. The quantitative estimate of drug-likeness (QED) is 0.398. The van der Waals surface area contributed by atoms with E-state index in [1.54, 1.807) is 30.6 Å². The van der Waals surface area contributed by atoms with Crippen molar-refractivity contribution in [3.63, 3.8) is 0 Å². The molecule has 2 aromatic carbocycles. The Kier molecular flexibility index (Phi) is 4.38. The smallest absolute Gasteiger partial charge is 0.269 e. The summed E-state index contributed by atoms with van der Waals surface area (Å²) in [5, 5.41) is 11.5. The summed E-state index contributed by atoms with van der Waals surface area (Å²) in [6, 6.07) is 10.6. The van der Waals surface area contributed by atoms with Crippen LogP contribution in [-0.2, 0) is 0 Å². The topological polar surface area (TPSA) is 76.0 Å². The fourth-order valence-corrected chi connectivity index (χ4v) is 2.64. The molecule has 0 aliphatic rings. The number of aromatic nitrogens is 1. The highest BCUT2D eigenvalue weighted by Gasteiger charge is 2.17. The van der Waals surface area contributed by atoms with Crippen molar-refractivity contribution in [3.05, 3.63) is 86.1 Å². The summed E-state index contributed by atoms with van der Waals surface area (Å²) in [5.41, 5.74) is 2.17. The number of hydrogen-bond acceptors (Lipinski definition) is 3. The number of halogens is 2. The van der Waals surface area contributed by atoms with E-state index in [0.29, 0.717) is 26.7 Å². The fourth-order valence-electron chi connectivity index (χ4n) is 2.34. The molecular weight excluding hydrogens is 351 g/mol. The number of H-pyrrole nitrogens is 1. The number of benzene rings is 2. The molecule has 0 aliphatic heterocycles. The standard InChI is InChI=1S/C17H10Cl2N2O3/c18-15-6-3-11(7-16(15)19)13-8-20-9-14(13)17(22)10-1-4-12(5-2-10)21(23)24/h1-9,20H. The van der Waals surface area contributed by atoms with Crippen LogP contribution < -0.4 is 0 Å². The second kappa shape index (κ2) is 6.47. The van der Waals surface area contributed by atoms with Gasteiger partial charge in [0.1, 0.15) is 0 Å². The minimum absolute atomic E-state index is 0.0645. The zero-order chi connectivity index (χ0) is 17.3. The summed E-state index contributed by atoms with van der Waals surface area (Å²) >= 11 is 12.0. The maximum absolute atomic E-state index is 12.7. The van der Waals surface area contributed by atoms with Gasteiger partial charge in [0.25, 0.3) is 5.69 Å². The molecule has 3 rings (SSSR count). The molecular formula is C17H10Cl2N2O3. The second-order valence-corrected chi connectivity index (χ2v) is 5.86. The van der Waals surface area contributed by atoms with Crippen LogP contribution in [0.5, 0.6) is 0 Å². The van der Waals surface area contributed by atoms with E-state index >= 15 is 0 Å². The van der Waals surface area contributed by atoms with Crippen LogP contribution in [0, 0.1) is 10.1 Å². The Morgan fingerprint density at radius 1 is 1.00 bits per heavy atom. The molecule has 0 aliphatic carbocycles. The minimum atomic E-state index is -0.508. The number of carbonyl (C=O) groups is 1. The molecule has 0 bridgehead atoms. The number of carbonyl (C=O) groups excluding carboxylic acids is 1. The predicted octanol–water partition coefficient (Wildman–Crippen LogP) is 5.13. The van der Waals surface area contributed by atoms with E-state index in [0.717, 1.165) is 5.56 Å². The Balaban J connectivity index is 1.98. The first-order valence-corrected chi connectivity index (χ1v) is 7.64. The summed E-state index contributed by atoms with van der Waals surface area (Å²) < 4.78 is 0. The molecule has 24 heavy (non-hydrogen) atoms. The van der Waals surface area contributed by atoms with Crippen molar-refractivity contribution >= 4 is 34.7 Å². The summed E-state index contributed by atoms with van der Waals surface area (Å²) in [4.78, 5) is 25.8. The van der Waals surface area contributed by atoms with Gasteiger partial charge in [-0.05, 0) is 29.8 Å². The van der Waals surface area contributed by atoms with Crippen molar-refractivity contribution in [2.45, 2.75) is 0 Å². The minimum Gasteiger partial charge on any atom is -0.366 e. The number of aromatic amines is 1. The van der Waals surface area contributed by atoms with Gasteiger partial charge in [-0.3, -0.25) is 14.9 Å². The van der Waals surface area contributed by atoms with Gasteiger partial charge in [0.15, 0.2) is 5.78 Å². The molecule has 0 amide bonds. The lowest BCUT2D eigenvalue weighted by atomic mass is 9.98. The molecule has 0 atom stereocenters. The molecule has 0 spiro atoms. The number of ketones is 1. The molecule has 5 nitrogen and oxygen atoms in total. The Morgan fingerprint density at radius 2 is 1.71 bits per heavy atom. The van der Waals surface area contributed by atoms with Crippen LogP contribution in [0.15, 0.2) is 54.9 Å². The Labute approximate surface area is 147 Å². The van der Waals surface area contributed by atoms with Crippen LogP contribution in [0.2, 0.25) is 10.0 Å². The first-order chi connectivity index (χ1) is 11.5. The molecule has 120 valence electrons. The van der Waals surface area contributed by atoms with E-state index in [4.69, 9.17) is 23.2 Å². The number of non-ortho nitro benzene ring substituents is 1. The largest absolute Gasteiger partial charge is 0.366 e. The lowest BCUT2D eigenvalue weighted by molar-refractivity contribution is -0.384. The summed E-state index contributed by atoms with van der Waals surface area (Å²) in [6.45, 7) is 0. The van der Waals surface area contributed by atoms with Gasteiger partial charge in [-0.15, -0.1) is 0 Å². The van der Waals surface area contributed by atoms with Gasteiger partial charge in [0, 0.05) is 41.2 Å². The Hall–Kier alpha value is -2.63. The van der Waals surface area contributed by atoms with Crippen LogP contribution >= 0.6 is 23.2 Å². The third kappa shape index (κ3) is 3.04. The average Bonchev–Trinajstić information content (AvgIpc) is 3.06. The predicted molar refractivity (Wildman–Crippen MR) is 92.8 cm³/mol. The zero-order valence-electron chi connectivity index (χ0n) is 12.1. The summed E-state index contributed by atoms with van der Waals surface area (Å²) in [7, 11) is 0. The Morgan fingerprint density at radius 3 is 2.33 bits per heavy atom. The van der Waals surface area contributed by atoms with Crippen molar-refractivity contribution in [2.75, 3.05) is 0 Å². The molecule has 1 aromatic heterocycles.